The maximum atomic E-state index is 11.9. The highest BCUT2D eigenvalue weighted by Gasteiger charge is 2.14. The summed E-state index contributed by atoms with van der Waals surface area (Å²) < 4.78 is 28.6. The van der Waals surface area contributed by atoms with Gasteiger partial charge in [-0.3, -0.25) is 4.79 Å². The Hall–Kier alpha value is -1.44. The van der Waals surface area contributed by atoms with Crippen molar-refractivity contribution >= 4 is 15.7 Å². The lowest BCUT2D eigenvalue weighted by Gasteiger charge is -2.07. The van der Waals surface area contributed by atoms with Gasteiger partial charge in [0.25, 0.3) is 5.91 Å². The van der Waals surface area contributed by atoms with Crippen molar-refractivity contribution in [1.82, 2.24) is 5.32 Å². The predicted octanol–water partition coefficient (Wildman–Crippen LogP) is 0.575. The molecular formula is C14H22N2O4S. The van der Waals surface area contributed by atoms with Crippen LogP contribution >= 0.6 is 0 Å². The van der Waals surface area contributed by atoms with Gasteiger partial charge in [-0.2, -0.15) is 0 Å². The number of sulfone groups is 1. The van der Waals surface area contributed by atoms with E-state index in [0.717, 1.165) is 12.8 Å². The molecule has 7 heteroatoms. The topological polar surface area (TPSA) is 98.5 Å². The number of carbonyl (C=O) groups excluding carboxylic acids is 1. The molecule has 0 spiro atoms. The quantitative estimate of drug-likeness (QED) is 0.650. The second kappa shape index (κ2) is 8.76. The molecule has 1 aromatic carbocycles. The van der Waals surface area contributed by atoms with Crippen LogP contribution in [0.25, 0.3) is 0 Å². The number of rotatable bonds is 9. The SMILES string of the molecule is COCCS(=O)(=O)c1ccc(C(=O)NCCCCN)cc1. The van der Waals surface area contributed by atoms with Crippen molar-refractivity contribution in [3.63, 3.8) is 0 Å². The molecule has 1 amide bonds. The summed E-state index contributed by atoms with van der Waals surface area (Å²) in [7, 11) is -1.91. The number of methoxy groups -OCH3 is 1. The first-order valence-corrected chi connectivity index (χ1v) is 8.46. The third-order valence-electron chi connectivity index (χ3n) is 2.95. The zero-order valence-electron chi connectivity index (χ0n) is 12.2. The second-order valence-electron chi connectivity index (χ2n) is 4.59. The smallest absolute Gasteiger partial charge is 0.251 e. The monoisotopic (exact) mass is 314 g/mol. The summed E-state index contributed by atoms with van der Waals surface area (Å²) >= 11 is 0. The molecule has 0 bridgehead atoms. The average Bonchev–Trinajstić information content (AvgIpc) is 2.49. The Morgan fingerprint density at radius 1 is 1.24 bits per heavy atom. The molecule has 6 nitrogen and oxygen atoms in total. The van der Waals surface area contributed by atoms with Crippen LogP contribution < -0.4 is 11.1 Å². The average molecular weight is 314 g/mol. The highest BCUT2D eigenvalue weighted by Crippen LogP contribution is 2.12. The summed E-state index contributed by atoms with van der Waals surface area (Å²) in [6.45, 7) is 1.31. The van der Waals surface area contributed by atoms with E-state index in [2.05, 4.69) is 5.32 Å². The number of benzene rings is 1. The van der Waals surface area contributed by atoms with Crippen molar-refractivity contribution in [2.24, 2.45) is 5.73 Å². The van der Waals surface area contributed by atoms with Gasteiger partial charge in [-0.1, -0.05) is 0 Å². The lowest BCUT2D eigenvalue weighted by Crippen LogP contribution is -2.24. The molecule has 1 rings (SSSR count). The van der Waals surface area contributed by atoms with Crippen LogP contribution in [-0.4, -0.2) is 46.9 Å². The van der Waals surface area contributed by atoms with Gasteiger partial charge in [0, 0.05) is 19.2 Å². The van der Waals surface area contributed by atoms with Crippen LogP contribution in [0.4, 0.5) is 0 Å². The van der Waals surface area contributed by atoms with E-state index >= 15 is 0 Å². The third kappa shape index (κ3) is 5.82. The molecule has 0 saturated heterocycles. The summed E-state index contributed by atoms with van der Waals surface area (Å²) in [5.74, 6) is -0.290. The van der Waals surface area contributed by atoms with E-state index in [1.54, 1.807) is 0 Å². The molecule has 0 heterocycles. The number of amides is 1. The Kier molecular flexibility index (Phi) is 7.35. The minimum absolute atomic E-state index is 0.0753. The molecule has 0 atom stereocenters. The fourth-order valence-corrected chi connectivity index (χ4v) is 2.87. The molecule has 21 heavy (non-hydrogen) atoms. The first kappa shape index (κ1) is 17.6. The third-order valence-corrected chi connectivity index (χ3v) is 4.64. The fraction of sp³-hybridized carbons (Fsp3) is 0.500. The van der Waals surface area contributed by atoms with Crippen LogP contribution in [0.3, 0.4) is 0 Å². The van der Waals surface area contributed by atoms with Crippen LogP contribution in [0, 0.1) is 0 Å². The molecule has 0 aliphatic heterocycles. The van der Waals surface area contributed by atoms with E-state index in [1.165, 1.54) is 31.4 Å². The van der Waals surface area contributed by atoms with E-state index in [0.29, 0.717) is 18.7 Å². The largest absolute Gasteiger partial charge is 0.384 e. The van der Waals surface area contributed by atoms with Crippen molar-refractivity contribution in [2.75, 3.05) is 32.6 Å². The summed E-state index contributed by atoms with van der Waals surface area (Å²) in [5, 5.41) is 2.76. The van der Waals surface area contributed by atoms with Crippen molar-refractivity contribution in [1.29, 1.82) is 0 Å². The van der Waals surface area contributed by atoms with Crippen LogP contribution in [-0.2, 0) is 14.6 Å². The number of hydrogen-bond donors (Lipinski definition) is 2. The molecular weight excluding hydrogens is 292 g/mol. The first-order chi connectivity index (χ1) is 10.0. The molecule has 118 valence electrons. The van der Waals surface area contributed by atoms with Crippen LogP contribution in [0.5, 0.6) is 0 Å². The summed E-state index contributed by atoms with van der Waals surface area (Å²) in [4.78, 5) is 12.0. The van der Waals surface area contributed by atoms with E-state index in [9.17, 15) is 13.2 Å². The van der Waals surface area contributed by atoms with Crippen molar-refractivity contribution < 1.29 is 17.9 Å². The van der Waals surface area contributed by atoms with Gasteiger partial charge in [0.05, 0.1) is 17.3 Å². The Bertz CT molecular complexity index is 541. The van der Waals surface area contributed by atoms with Gasteiger partial charge in [0.15, 0.2) is 9.84 Å². The Morgan fingerprint density at radius 2 is 1.90 bits per heavy atom. The number of ether oxygens (including phenoxy) is 1. The van der Waals surface area contributed by atoms with E-state index in [4.69, 9.17) is 10.5 Å². The van der Waals surface area contributed by atoms with Gasteiger partial charge >= 0.3 is 0 Å². The standard InChI is InChI=1S/C14H22N2O4S/c1-20-10-11-21(18,19)13-6-4-12(5-7-13)14(17)16-9-3-2-8-15/h4-7H,2-3,8-11,15H2,1H3,(H,16,17). The number of nitrogens with one attached hydrogen (secondary N) is 1. The minimum atomic E-state index is -3.36. The molecule has 0 saturated carbocycles. The van der Waals surface area contributed by atoms with Gasteiger partial charge in [0.1, 0.15) is 0 Å². The molecule has 1 aromatic rings. The summed E-state index contributed by atoms with van der Waals surface area (Å²) in [5.41, 5.74) is 5.81. The first-order valence-electron chi connectivity index (χ1n) is 6.81. The van der Waals surface area contributed by atoms with Crippen molar-refractivity contribution in [3.8, 4) is 0 Å². The molecule has 0 aliphatic carbocycles. The fourth-order valence-electron chi connectivity index (χ4n) is 1.70. The molecule has 0 radical (unpaired) electrons. The highest BCUT2D eigenvalue weighted by atomic mass is 32.2. The van der Waals surface area contributed by atoms with Crippen LogP contribution in [0.1, 0.15) is 23.2 Å². The predicted molar refractivity (Wildman–Crippen MR) is 81.0 cm³/mol. The van der Waals surface area contributed by atoms with E-state index < -0.39 is 9.84 Å². The van der Waals surface area contributed by atoms with Crippen LogP contribution in [0.2, 0.25) is 0 Å². The Labute approximate surface area is 125 Å². The molecule has 0 aliphatic rings. The maximum Gasteiger partial charge on any atom is 0.251 e. The van der Waals surface area contributed by atoms with Gasteiger partial charge in [-0.15, -0.1) is 0 Å². The normalized spacial score (nSPS) is 11.3. The summed E-state index contributed by atoms with van der Waals surface area (Å²) in [6, 6.07) is 5.91. The molecule has 0 aromatic heterocycles. The number of carbonyl (C=O) groups is 1. The molecule has 0 fully saturated rings. The molecule has 3 N–H and O–H groups in total. The highest BCUT2D eigenvalue weighted by molar-refractivity contribution is 7.91. The van der Waals surface area contributed by atoms with Crippen molar-refractivity contribution in [3.05, 3.63) is 29.8 Å². The van der Waals surface area contributed by atoms with Gasteiger partial charge in [-0.25, -0.2) is 8.42 Å². The number of nitrogens with two attached hydrogens (primary N) is 1. The molecule has 0 unspecified atom stereocenters. The van der Waals surface area contributed by atoms with Gasteiger partial charge in [-0.05, 0) is 43.7 Å². The zero-order chi connectivity index (χ0) is 15.7. The van der Waals surface area contributed by atoms with Crippen LogP contribution in [0.15, 0.2) is 29.2 Å². The number of hydrogen-bond acceptors (Lipinski definition) is 5. The minimum Gasteiger partial charge on any atom is -0.384 e. The zero-order valence-corrected chi connectivity index (χ0v) is 13.0. The van der Waals surface area contributed by atoms with Gasteiger partial charge < -0.3 is 15.8 Å². The number of unbranched alkanes of at least 4 members (excludes halogenated alkanes) is 1. The maximum absolute atomic E-state index is 11.9. The van der Waals surface area contributed by atoms with E-state index in [1.807, 2.05) is 0 Å². The van der Waals surface area contributed by atoms with Crippen molar-refractivity contribution in [2.45, 2.75) is 17.7 Å². The van der Waals surface area contributed by atoms with E-state index in [-0.39, 0.29) is 23.2 Å². The second-order valence-corrected chi connectivity index (χ2v) is 6.70. The van der Waals surface area contributed by atoms with Gasteiger partial charge in [0.2, 0.25) is 0 Å². The summed E-state index contributed by atoms with van der Waals surface area (Å²) in [6.07, 6.45) is 1.68. The Balaban J connectivity index is 2.63. The Morgan fingerprint density at radius 3 is 2.48 bits per heavy atom. The lowest BCUT2D eigenvalue weighted by molar-refractivity contribution is 0.0953. The lowest BCUT2D eigenvalue weighted by atomic mass is 10.2.